The number of aryl methyl sites for hydroxylation is 1. The highest BCUT2D eigenvalue weighted by Crippen LogP contribution is 2.29. The monoisotopic (exact) mass is 543 g/mol. The lowest BCUT2D eigenvalue weighted by molar-refractivity contribution is 0.0840. The van der Waals surface area contributed by atoms with E-state index >= 15 is 0 Å². The number of ether oxygens (including phenoxy) is 2. The lowest BCUT2D eigenvalue weighted by atomic mass is 10.0. The number of aromatic amines is 1. The van der Waals surface area contributed by atoms with Crippen LogP contribution >= 0.6 is 0 Å². The van der Waals surface area contributed by atoms with Crippen molar-refractivity contribution >= 4 is 10.9 Å². The number of aromatic nitrogens is 5. The molecule has 4 heterocycles. The second-order valence-electron chi connectivity index (χ2n) is 10.7. The van der Waals surface area contributed by atoms with Crippen LogP contribution in [0.3, 0.4) is 0 Å². The highest BCUT2D eigenvalue weighted by molar-refractivity contribution is 5.80. The van der Waals surface area contributed by atoms with Gasteiger partial charge in [-0.15, -0.1) is 5.10 Å². The molecular weight excluding hydrogens is 506 g/mol. The molecule has 0 bridgehead atoms. The molecule has 0 aliphatic carbocycles. The van der Waals surface area contributed by atoms with Crippen LogP contribution in [0.5, 0.6) is 5.75 Å². The molecule has 40 heavy (non-hydrogen) atoms. The van der Waals surface area contributed by atoms with Crippen LogP contribution in [0, 0.1) is 0 Å². The SMILES string of the molecule is CCc1ccc2[nH]c(=O)c([C@@H](c3nnnn3C[C@@H]3CCCO3)N3CCN(Cc4ccc(OC)cc4)CC3)cc2c1. The number of methoxy groups -OCH3 is 1. The first-order chi connectivity index (χ1) is 19.6. The molecule has 0 saturated carbocycles. The summed E-state index contributed by atoms with van der Waals surface area (Å²) < 4.78 is 13.0. The molecule has 2 aliphatic heterocycles. The number of H-pyrrole nitrogens is 1. The summed E-state index contributed by atoms with van der Waals surface area (Å²) in [5, 5.41) is 13.9. The molecule has 2 aromatic heterocycles. The van der Waals surface area contributed by atoms with E-state index in [2.05, 4.69) is 61.5 Å². The molecule has 10 heteroatoms. The Morgan fingerprint density at radius 3 is 2.60 bits per heavy atom. The van der Waals surface area contributed by atoms with Gasteiger partial charge in [-0.25, -0.2) is 4.68 Å². The number of piperazine rings is 1. The third-order valence-electron chi connectivity index (χ3n) is 8.18. The van der Waals surface area contributed by atoms with E-state index in [-0.39, 0.29) is 17.7 Å². The van der Waals surface area contributed by atoms with Gasteiger partial charge in [0.25, 0.3) is 5.56 Å². The van der Waals surface area contributed by atoms with Crippen molar-refractivity contribution in [1.29, 1.82) is 0 Å². The summed E-state index contributed by atoms with van der Waals surface area (Å²) >= 11 is 0. The largest absolute Gasteiger partial charge is 0.497 e. The number of hydrogen-bond acceptors (Lipinski definition) is 8. The summed E-state index contributed by atoms with van der Waals surface area (Å²) in [6.07, 6.45) is 3.06. The van der Waals surface area contributed by atoms with Gasteiger partial charge in [0.1, 0.15) is 11.8 Å². The molecule has 0 radical (unpaired) electrons. The van der Waals surface area contributed by atoms with Crippen LogP contribution in [0.15, 0.2) is 53.3 Å². The highest BCUT2D eigenvalue weighted by Gasteiger charge is 2.33. The Bertz CT molecular complexity index is 1490. The summed E-state index contributed by atoms with van der Waals surface area (Å²) in [6.45, 7) is 7.70. The van der Waals surface area contributed by atoms with Crippen LogP contribution in [0.4, 0.5) is 0 Å². The first kappa shape index (κ1) is 26.6. The number of fused-ring (bicyclic) bond motifs is 1. The number of pyridine rings is 1. The molecule has 1 N–H and O–H groups in total. The van der Waals surface area contributed by atoms with E-state index in [0.717, 1.165) is 75.2 Å². The third-order valence-corrected chi connectivity index (χ3v) is 8.18. The van der Waals surface area contributed by atoms with E-state index < -0.39 is 0 Å². The molecule has 0 amide bonds. The zero-order valence-corrected chi connectivity index (χ0v) is 23.3. The lowest BCUT2D eigenvalue weighted by Gasteiger charge is -2.38. The van der Waals surface area contributed by atoms with E-state index in [9.17, 15) is 4.79 Å². The zero-order valence-electron chi connectivity index (χ0n) is 23.3. The van der Waals surface area contributed by atoms with E-state index in [4.69, 9.17) is 9.47 Å². The molecule has 210 valence electrons. The fourth-order valence-corrected chi connectivity index (χ4v) is 5.88. The topological polar surface area (TPSA) is 101 Å². The van der Waals surface area contributed by atoms with Crippen LogP contribution in [0.1, 0.15) is 48.3 Å². The van der Waals surface area contributed by atoms with E-state index in [0.29, 0.717) is 17.9 Å². The van der Waals surface area contributed by atoms with Crippen molar-refractivity contribution in [3.63, 3.8) is 0 Å². The van der Waals surface area contributed by atoms with Crippen molar-refractivity contribution in [3.8, 4) is 5.75 Å². The minimum absolute atomic E-state index is 0.0891. The van der Waals surface area contributed by atoms with Crippen LogP contribution in [-0.2, 0) is 24.2 Å². The second kappa shape index (κ2) is 11.9. The highest BCUT2D eigenvalue weighted by atomic mass is 16.5. The lowest BCUT2D eigenvalue weighted by Crippen LogP contribution is -2.48. The van der Waals surface area contributed by atoms with Crippen molar-refractivity contribution in [2.75, 3.05) is 39.9 Å². The van der Waals surface area contributed by atoms with Crippen LogP contribution in [0.25, 0.3) is 10.9 Å². The van der Waals surface area contributed by atoms with Gasteiger partial charge in [-0.05, 0) is 76.5 Å². The first-order valence-corrected chi connectivity index (χ1v) is 14.2. The summed E-state index contributed by atoms with van der Waals surface area (Å²) in [5.74, 6) is 1.56. The Morgan fingerprint density at radius 2 is 1.88 bits per heavy atom. The predicted octanol–water partition coefficient (Wildman–Crippen LogP) is 3.17. The van der Waals surface area contributed by atoms with Crippen LogP contribution in [0.2, 0.25) is 0 Å². The molecule has 10 nitrogen and oxygen atoms in total. The van der Waals surface area contributed by atoms with Gasteiger partial charge in [0.2, 0.25) is 0 Å². The summed E-state index contributed by atoms with van der Waals surface area (Å²) in [6, 6.07) is 16.1. The van der Waals surface area contributed by atoms with Gasteiger partial charge in [0, 0.05) is 50.4 Å². The second-order valence-corrected chi connectivity index (χ2v) is 10.7. The van der Waals surface area contributed by atoms with Crippen LogP contribution < -0.4 is 10.3 Å². The fourth-order valence-electron chi connectivity index (χ4n) is 5.88. The van der Waals surface area contributed by atoms with Crippen molar-refractivity contribution in [3.05, 3.63) is 81.4 Å². The van der Waals surface area contributed by atoms with E-state index in [1.165, 1.54) is 11.1 Å². The number of nitrogens with zero attached hydrogens (tertiary/aromatic N) is 6. The Morgan fingerprint density at radius 1 is 1.07 bits per heavy atom. The number of tetrazole rings is 1. The summed E-state index contributed by atoms with van der Waals surface area (Å²) in [4.78, 5) is 21.5. The smallest absolute Gasteiger partial charge is 0.253 e. The third kappa shape index (κ3) is 5.65. The standard InChI is InChI=1S/C30H37N7O3/c1-3-21-8-11-27-23(17-21)18-26(30(38)31-27)28(29-32-33-34-37(29)20-25-5-4-16-40-25)36-14-12-35(13-15-36)19-22-6-9-24(39-2)10-7-22/h6-11,17-18,25,28H,3-5,12-16,19-20H2,1-2H3,(H,31,38)/t25-,28-/m0/s1. The minimum Gasteiger partial charge on any atom is -0.497 e. The minimum atomic E-state index is -0.363. The first-order valence-electron chi connectivity index (χ1n) is 14.2. The van der Waals surface area contributed by atoms with Crippen molar-refractivity contribution in [2.45, 2.75) is 51.4 Å². The molecule has 6 rings (SSSR count). The molecular formula is C30H37N7O3. The maximum Gasteiger partial charge on any atom is 0.253 e. The average Bonchev–Trinajstić information content (AvgIpc) is 3.67. The predicted molar refractivity (Wildman–Crippen MR) is 152 cm³/mol. The molecule has 2 atom stereocenters. The van der Waals surface area contributed by atoms with Gasteiger partial charge in [0.05, 0.1) is 19.8 Å². The van der Waals surface area contributed by atoms with Gasteiger partial charge in [-0.1, -0.05) is 25.1 Å². The average molecular weight is 544 g/mol. The Balaban J connectivity index is 1.30. The zero-order chi connectivity index (χ0) is 27.5. The van der Waals surface area contributed by atoms with Crippen molar-refractivity contribution in [2.24, 2.45) is 0 Å². The van der Waals surface area contributed by atoms with Gasteiger partial charge in [-0.3, -0.25) is 14.6 Å². The van der Waals surface area contributed by atoms with Gasteiger partial charge < -0.3 is 14.5 Å². The Labute approximate surface area is 233 Å². The summed E-state index contributed by atoms with van der Waals surface area (Å²) in [5.41, 5.74) is 3.90. The maximum atomic E-state index is 13.6. The molecule has 0 unspecified atom stereocenters. The Kier molecular flexibility index (Phi) is 7.90. The number of rotatable bonds is 9. The molecule has 2 aromatic carbocycles. The van der Waals surface area contributed by atoms with Crippen molar-refractivity contribution in [1.82, 2.24) is 35.0 Å². The van der Waals surface area contributed by atoms with Crippen molar-refractivity contribution < 1.29 is 9.47 Å². The maximum absolute atomic E-state index is 13.6. The molecule has 2 fully saturated rings. The Hall–Kier alpha value is -3.60. The normalized spacial score (nSPS) is 19.3. The number of benzene rings is 2. The van der Waals surface area contributed by atoms with Gasteiger partial charge in [0.15, 0.2) is 5.82 Å². The molecule has 4 aromatic rings. The van der Waals surface area contributed by atoms with Gasteiger partial charge in [-0.2, -0.15) is 0 Å². The molecule has 2 saturated heterocycles. The number of hydrogen-bond donors (Lipinski definition) is 1. The number of nitrogens with one attached hydrogen (secondary N) is 1. The molecule has 0 spiro atoms. The quantitative estimate of drug-likeness (QED) is 0.344. The molecule has 2 aliphatic rings. The fraction of sp³-hybridized carbons (Fsp3) is 0.467. The van der Waals surface area contributed by atoms with E-state index in [1.54, 1.807) is 7.11 Å². The van der Waals surface area contributed by atoms with Crippen LogP contribution in [-0.4, -0.2) is 81.0 Å². The summed E-state index contributed by atoms with van der Waals surface area (Å²) in [7, 11) is 1.69. The van der Waals surface area contributed by atoms with Gasteiger partial charge >= 0.3 is 0 Å². The van der Waals surface area contributed by atoms with E-state index in [1.807, 2.05) is 28.9 Å².